The Morgan fingerprint density at radius 3 is 2.44 bits per heavy atom. The lowest BCUT2D eigenvalue weighted by Gasteiger charge is -2.17. The second-order valence-corrected chi connectivity index (χ2v) is 8.46. The molecular formula is C23H19ClF3NO4. The van der Waals surface area contributed by atoms with Crippen molar-refractivity contribution in [2.45, 2.75) is 50.2 Å². The van der Waals surface area contributed by atoms with E-state index < -0.39 is 18.4 Å². The maximum atomic E-state index is 12.9. The number of hydrogen-bond donors (Lipinski definition) is 1. The zero-order chi connectivity index (χ0) is 22.5. The zero-order valence-corrected chi connectivity index (χ0v) is 17.5. The molecule has 1 N–H and O–H groups in total. The standard InChI is InChI=1S/C23H19ClF3NO4/c24-17-11-14(9-10-15(17)12-5-6-12)30-22(29)19-20(28-32-21(19)13-7-8-13)16-3-1-2-4-18(16)31-23(25,26)27/h1-4,9-13,22,29H,5-8H2. The average molecular weight is 466 g/mol. The molecule has 1 atom stereocenters. The number of para-hydroxylation sites is 1. The van der Waals surface area contributed by atoms with Crippen molar-refractivity contribution in [1.82, 2.24) is 5.16 Å². The van der Waals surface area contributed by atoms with Crippen molar-refractivity contribution in [3.8, 4) is 22.8 Å². The van der Waals surface area contributed by atoms with Gasteiger partial charge in [-0.15, -0.1) is 13.2 Å². The van der Waals surface area contributed by atoms with Crippen LogP contribution in [0.3, 0.4) is 0 Å². The minimum absolute atomic E-state index is 0.0287. The van der Waals surface area contributed by atoms with Gasteiger partial charge in [-0.1, -0.05) is 35.0 Å². The second kappa shape index (κ2) is 8.01. The van der Waals surface area contributed by atoms with E-state index in [1.54, 1.807) is 18.2 Å². The molecule has 2 aromatic carbocycles. The molecule has 2 aliphatic rings. The summed E-state index contributed by atoms with van der Waals surface area (Å²) >= 11 is 6.36. The van der Waals surface area contributed by atoms with Crippen LogP contribution < -0.4 is 9.47 Å². The number of aromatic nitrogens is 1. The highest BCUT2D eigenvalue weighted by atomic mass is 35.5. The first-order valence-electron chi connectivity index (χ1n) is 10.3. The first-order valence-corrected chi connectivity index (χ1v) is 10.7. The van der Waals surface area contributed by atoms with Crippen LogP contribution in [0.5, 0.6) is 11.5 Å². The predicted octanol–water partition coefficient (Wildman–Crippen LogP) is 6.72. The zero-order valence-electron chi connectivity index (χ0n) is 16.7. The van der Waals surface area contributed by atoms with E-state index in [1.807, 2.05) is 6.07 Å². The summed E-state index contributed by atoms with van der Waals surface area (Å²) in [5.41, 5.74) is 1.31. The quantitative estimate of drug-likeness (QED) is 0.392. The van der Waals surface area contributed by atoms with Crippen molar-refractivity contribution in [2.24, 2.45) is 0 Å². The van der Waals surface area contributed by atoms with E-state index in [0.29, 0.717) is 22.5 Å². The van der Waals surface area contributed by atoms with Crippen LogP contribution in [0.2, 0.25) is 5.02 Å². The molecule has 168 valence electrons. The molecule has 2 aliphatic carbocycles. The highest BCUT2D eigenvalue weighted by Crippen LogP contribution is 2.48. The number of alkyl halides is 3. The van der Waals surface area contributed by atoms with Crippen molar-refractivity contribution in [2.75, 3.05) is 0 Å². The van der Waals surface area contributed by atoms with Gasteiger partial charge >= 0.3 is 6.36 Å². The van der Waals surface area contributed by atoms with Gasteiger partial charge in [-0.05, 0) is 61.4 Å². The fourth-order valence-corrected chi connectivity index (χ4v) is 4.08. The van der Waals surface area contributed by atoms with E-state index in [-0.39, 0.29) is 22.7 Å². The SMILES string of the molecule is OC(Oc1ccc(C2CC2)c(Cl)c1)c1c(-c2ccccc2OC(F)(F)F)noc1C1CC1. The Labute approximate surface area is 186 Å². The Morgan fingerprint density at radius 1 is 1.06 bits per heavy atom. The number of halogens is 4. The van der Waals surface area contributed by atoms with Gasteiger partial charge in [-0.3, -0.25) is 0 Å². The van der Waals surface area contributed by atoms with Gasteiger partial charge in [-0.2, -0.15) is 0 Å². The number of benzene rings is 2. The largest absolute Gasteiger partial charge is 0.573 e. The third-order valence-electron chi connectivity index (χ3n) is 5.56. The first-order chi connectivity index (χ1) is 15.3. The fourth-order valence-electron chi connectivity index (χ4n) is 3.75. The number of nitrogens with zero attached hydrogens (tertiary/aromatic N) is 1. The molecule has 3 aromatic rings. The summed E-state index contributed by atoms with van der Waals surface area (Å²) in [6, 6.07) is 10.8. The first kappa shape index (κ1) is 21.2. The van der Waals surface area contributed by atoms with Crippen LogP contribution in [0.25, 0.3) is 11.3 Å². The predicted molar refractivity (Wildman–Crippen MR) is 110 cm³/mol. The summed E-state index contributed by atoms with van der Waals surface area (Å²) in [5.74, 6) is 0.773. The third kappa shape index (κ3) is 4.42. The molecule has 5 rings (SSSR count). The number of ether oxygens (including phenoxy) is 2. The van der Waals surface area contributed by atoms with Crippen LogP contribution in [0.15, 0.2) is 47.0 Å². The Balaban J connectivity index is 1.49. The van der Waals surface area contributed by atoms with Crippen molar-refractivity contribution in [3.05, 3.63) is 64.4 Å². The van der Waals surface area contributed by atoms with Gasteiger partial charge in [-0.25, -0.2) is 0 Å². The van der Waals surface area contributed by atoms with Gasteiger partial charge in [0.1, 0.15) is 23.0 Å². The van der Waals surface area contributed by atoms with E-state index in [0.717, 1.165) is 31.2 Å². The van der Waals surface area contributed by atoms with Gasteiger partial charge in [0, 0.05) is 16.5 Å². The minimum atomic E-state index is -4.88. The second-order valence-electron chi connectivity index (χ2n) is 8.06. The van der Waals surface area contributed by atoms with Crippen molar-refractivity contribution >= 4 is 11.6 Å². The summed E-state index contributed by atoms with van der Waals surface area (Å²) in [7, 11) is 0. The van der Waals surface area contributed by atoms with Crippen molar-refractivity contribution in [3.63, 3.8) is 0 Å². The number of rotatable bonds is 7. The highest BCUT2D eigenvalue weighted by molar-refractivity contribution is 6.31. The molecule has 0 saturated heterocycles. The maximum Gasteiger partial charge on any atom is 0.573 e. The minimum Gasteiger partial charge on any atom is -0.461 e. The smallest absolute Gasteiger partial charge is 0.461 e. The summed E-state index contributed by atoms with van der Waals surface area (Å²) in [5, 5.41) is 15.5. The molecule has 1 heterocycles. The lowest BCUT2D eigenvalue weighted by molar-refractivity contribution is -0.274. The van der Waals surface area contributed by atoms with Crippen LogP contribution in [0.4, 0.5) is 13.2 Å². The number of hydrogen-bond acceptors (Lipinski definition) is 5. The van der Waals surface area contributed by atoms with Crippen molar-refractivity contribution < 1.29 is 32.3 Å². The van der Waals surface area contributed by atoms with Gasteiger partial charge in [0.2, 0.25) is 6.29 Å². The maximum absolute atomic E-state index is 12.9. The molecule has 0 aliphatic heterocycles. The molecule has 0 amide bonds. The summed E-state index contributed by atoms with van der Waals surface area (Å²) in [4.78, 5) is 0. The lowest BCUT2D eigenvalue weighted by atomic mass is 10.0. The molecule has 0 bridgehead atoms. The van der Waals surface area contributed by atoms with Crippen LogP contribution in [-0.4, -0.2) is 16.6 Å². The molecule has 9 heteroatoms. The van der Waals surface area contributed by atoms with Gasteiger partial charge in [0.05, 0.1) is 5.56 Å². The van der Waals surface area contributed by atoms with Gasteiger partial charge in [0.15, 0.2) is 0 Å². The molecule has 2 fully saturated rings. The number of aliphatic hydroxyl groups excluding tert-OH is 1. The molecule has 1 unspecified atom stereocenters. The fraction of sp³-hybridized carbons (Fsp3) is 0.348. The Kier molecular flexibility index (Phi) is 5.29. The Hall–Kier alpha value is -2.71. The monoisotopic (exact) mass is 465 g/mol. The molecule has 0 radical (unpaired) electrons. The van der Waals surface area contributed by atoms with E-state index in [9.17, 15) is 18.3 Å². The number of aliphatic hydroxyl groups is 1. The van der Waals surface area contributed by atoms with E-state index in [2.05, 4.69) is 9.89 Å². The normalized spacial score (nSPS) is 17.3. The molecule has 1 aromatic heterocycles. The van der Waals surface area contributed by atoms with Crippen LogP contribution in [0, 0.1) is 0 Å². The summed E-state index contributed by atoms with van der Waals surface area (Å²) in [6.45, 7) is 0. The molecular weight excluding hydrogens is 447 g/mol. The van der Waals surface area contributed by atoms with Crippen LogP contribution in [0.1, 0.15) is 60.7 Å². The molecule has 0 spiro atoms. The Bertz CT molecular complexity index is 1140. The van der Waals surface area contributed by atoms with E-state index >= 15 is 0 Å². The topological polar surface area (TPSA) is 64.7 Å². The summed E-state index contributed by atoms with van der Waals surface area (Å²) < 4.78 is 54.1. The molecule has 32 heavy (non-hydrogen) atoms. The van der Waals surface area contributed by atoms with Gasteiger partial charge in [0.25, 0.3) is 0 Å². The lowest BCUT2D eigenvalue weighted by Crippen LogP contribution is -2.18. The van der Waals surface area contributed by atoms with E-state index in [4.69, 9.17) is 20.9 Å². The van der Waals surface area contributed by atoms with Gasteiger partial charge < -0.3 is 19.1 Å². The van der Waals surface area contributed by atoms with Crippen LogP contribution >= 0.6 is 11.6 Å². The van der Waals surface area contributed by atoms with E-state index in [1.165, 1.54) is 18.2 Å². The average Bonchev–Trinajstić information content (AvgIpc) is 3.65. The summed E-state index contributed by atoms with van der Waals surface area (Å²) in [6.07, 6.45) is -2.55. The van der Waals surface area contributed by atoms with Crippen molar-refractivity contribution in [1.29, 1.82) is 0 Å². The highest BCUT2D eigenvalue weighted by Gasteiger charge is 2.38. The Morgan fingerprint density at radius 2 is 1.78 bits per heavy atom. The third-order valence-corrected chi connectivity index (χ3v) is 5.88. The van der Waals surface area contributed by atoms with Crippen LogP contribution in [-0.2, 0) is 0 Å². The molecule has 5 nitrogen and oxygen atoms in total. The molecule has 2 saturated carbocycles.